The molecule has 1 aromatic heterocycles. The summed E-state index contributed by atoms with van der Waals surface area (Å²) in [6, 6.07) is 0.559. The minimum Gasteiger partial charge on any atom is -0.351 e. The number of nitrogens with one attached hydrogen (secondary N) is 1. The van der Waals surface area contributed by atoms with Crippen LogP contribution < -0.4 is 5.32 Å². The Morgan fingerprint density at radius 2 is 1.88 bits per heavy atom. The Bertz CT molecular complexity index is 323. The summed E-state index contributed by atoms with van der Waals surface area (Å²) in [7, 11) is 0. The van der Waals surface area contributed by atoms with E-state index in [1.165, 1.54) is 25.7 Å². The zero-order valence-electron chi connectivity index (χ0n) is 9.32. The van der Waals surface area contributed by atoms with Gasteiger partial charge in [-0.3, -0.25) is 0 Å². The van der Waals surface area contributed by atoms with Crippen molar-refractivity contribution < 1.29 is 0 Å². The first kappa shape index (κ1) is 12.4. The van der Waals surface area contributed by atoms with Crippen LogP contribution in [0.4, 0.5) is 5.95 Å². The lowest BCUT2D eigenvalue weighted by Crippen LogP contribution is -2.27. The molecule has 0 unspecified atom stereocenters. The molecule has 0 amide bonds. The van der Waals surface area contributed by atoms with Gasteiger partial charge in [0, 0.05) is 27.3 Å². The Hall–Kier alpha value is -0.0400. The highest BCUT2D eigenvalue weighted by molar-refractivity contribution is 14.1. The van der Waals surface area contributed by atoms with Gasteiger partial charge in [0.1, 0.15) is 0 Å². The zero-order chi connectivity index (χ0) is 11.4. The Balaban J connectivity index is 1.84. The second kappa shape index (κ2) is 6.05. The van der Waals surface area contributed by atoms with E-state index in [-0.39, 0.29) is 0 Å². The molecule has 16 heavy (non-hydrogen) atoms. The second-order valence-corrected chi connectivity index (χ2v) is 6.46. The molecule has 1 aliphatic rings. The highest BCUT2D eigenvalue weighted by Gasteiger charge is 2.20. The van der Waals surface area contributed by atoms with Gasteiger partial charge in [-0.15, -0.1) is 0 Å². The Kier molecular flexibility index (Phi) is 4.69. The molecule has 0 bridgehead atoms. The lowest BCUT2D eigenvalue weighted by molar-refractivity contribution is 0.471. The van der Waals surface area contributed by atoms with Crippen LogP contribution in [0, 0.1) is 3.57 Å². The third-order valence-corrected chi connectivity index (χ3v) is 4.66. The lowest BCUT2D eigenvalue weighted by atomic mass is 9.95. The number of anilines is 1. The summed E-state index contributed by atoms with van der Waals surface area (Å²) in [5.41, 5.74) is 0. The first-order chi connectivity index (χ1) is 7.78. The van der Waals surface area contributed by atoms with Gasteiger partial charge in [-0.2, -0.15) is 11.8 Å². The molecule has 1 heterocycles. The van der Waals surface area contributed by atoms with Crippen LogP contribution in [0.5, 0.6) is 0 Å². The fourth-order valence-electron chi connectivity index (χ4n) is 2.01. The molecule has 88 valence electrons. The minimum atomic E-state index is 0.559. The zero-order valence-corrected chi connectivity index (χ0v) is 12.3. The number of hydrogen-bond acceptors (Lipinski definition) is 4. The van der Waals surface area contributed by atoms with Gasteiger partial charge in [0.2, 0.25) is 5.95 Å². The van der Waals surface area contributed by atoms with Gasteiger partial charge in [0.15, 0.2) is 0 Å². The molecule has 0 aliphatic heterocycles. The van der Waals surface area contributed by atoms with E-state index < -0.39 is 0 Å². The molecule has 1 fully saturated rings. The van der Waals surface area contributed by atoms with E-state index in [0.29, 0.717) is 6.04 Å². The topological polar surface area (TPSA) is 37.8 Å². The van der Waals surface area contributed by atoms with Crippen LogP contribution in [0.15, 0.2) is 12.4 Å². The van der Waals surface area contributed by atoms with Crippen LogP contribution in [-0.4, -0.2) is 27.5 Å². The summed E-state index contributed by atoms with van der Waals surface area (Å²) < 4.78 is 1.08. The van der Waals surface area contributed by atoms with Gasteiger partial charge in [0.05, 0.1) is 0 Å². The number of thioether (sulfide) groups is 1. The van der Waals surface area contributed by atoms with Crippen molar-refractivity contribution in [1.29, 1.82) is 0 Å². The number of hydrogen-bond donors (Lipinski definition) is 1. The lowest BCUT2D eigenvalue weighted by Gasteiger charge is -2.27. The molecule has 1 aromatic rings. The molecule has 1 N–H and O–H groups in total. The van der Waals surface area contributed by atoms with Crippen molar-refractivity contribution >= 4 is 40.3 Å². The molecule has 0 aromatic carbocycles. The van der Waals surface area contributed by atoms with Gasteiger partial charge >= 0.3 is 0 Å². The average Bonchev–Trinajstić information content (AvgIpc) is 2.33. The fraction of sp³-hybridized carbons (Fsp3) is 0.636. The quantitative estimate of drug-likeness (QED) is 0.851. The predicted octanol–water partition coefficient (Wildman–Crippen LogP) is 3.17. The van der Waals surface area contributed by atoms with E-state index in [1.54, 1.807) is 0 Å². The molecular formula is C11H16IN3S. The Morgan fingerprint density at radius 3 is 2.44 bits per heavy atom. The maximum absolute atomic E-state index is 4.28. The maximum Gasteiger partial charge on any atom is 0.222 e. The van der Waals surface area contributed by atoms with Crippen molar-refractivity contribution in [3.63, 3.8) is 0 Å². The number of rotatable bonds is 3. The van der Waals surface area contributed by atoms with Crippen molar-refractivity contribution in [2.24, 2.45) is 0 Å². The van der Waals surface area contributed by atoms with Crippen molar-refractivity contribution in [1.82, 2.24) is 9.97 Å². The summed E-state index contributed by atoms with van der Waals surface area (Å²) >= 11 is 4.22. The van der Waals surface area contributed by atoms with Gasteiger partial charge < -0.3 is 5.32 Å². The molecule has 2 rings (SSSR count). The summed E-state index contributed by atoms with van der Waals surface area (Å²) in [4.78, 5) is 8.55. The predicted molar refractivity (Wildman–Crippen MR) is 77.9 cm³/mol. The van der Waals surface area contributed by atoms with E-state index in [1.807, 2.05) is 24.2 Å². The van der Waals surface area contributed by atoms with Crippen molar-refractivity contribution in [3.8, 4) is 0 Å². The van der Waals surface area contributed by atoms with Crippen molar-refractivity contribution in [3.05, 3.63) is 16.0 Å². The molecule has 5 heteroatoms. The fourth-order valence-corrected chi connectivity index (χ4v) is 3.03. The van der Waals surface area contributed by atoms with Crippen LogP contribution in [0.3, 0.4) is 0 Å². The van der Waals surface area contributed by atoms with Crippen LogP contribution >= 0.6 is 34.4 Å². The normalized spacial score (nSPS) is 25.4. The molecule has 3 nitrogen and oxygen atoms in total. The van der Waals surface area contributed by atoms with Crippen molar-refractivity contribution in [2.75, 3.05) is 11.6 Å². The molecule has 0 saturated heterocycles. The SMILES string of the molecule is CSC1CCC(Nc2ncc(I)cn2)CC1. The minimum absolute atomic E-state index is 0.559. The summed E-state index contributed by atoms with van der Waals surface area (Å²) in [5.74, 6) is 0.771. The van der Waals surface area contributed by atoms with Crippen LogP contribution in [-0.2, 0) is 0 Å². The molecule has 0 spiro atoms. The summed E-state index contributed by atoms with van der Waals surface area (Å²) in [5, 5.41) is 4.28. The second-order valence-electron chi connectivity index (χ2n) is 4.08. The molecular weight excluding hydrogens is 333 g/mol. The third kappa shape index (κ3) is 3.48. The van der Waals surface area contributed by atoms with Crippen LogP contribution in [0.25, 0.3) is 0 Å². The Morgan fingerprint density at radius 1 is 1.25 bits per heavy atom. The van der Waals surface area contributed by atoms with E-state index in [2.05, 4.69) is 44.1 Å². The van der Waals surface area contributed by atoms with E-state index in [9.17, 15) is 0 Å². The van der Waals surface area contributed by atoms with Gasteiger partial charge in [-0.05, 0) is 54.5 Å². The smallest absolute Gasteiger partial charge is 0.222 e. The third-order valence-electron chi connectivity index (χ3n) is 2.96. The molecule has 0 radical (unpaired) electrons. The van der Waals surface area contributed by atoms with Gasteiger partial charge in [-0.25, -0.2) is 9.97 Å². The van der Waals surface area contributed by atoms with Crippen LogP contribution in [0.1, 0.15) is 25.7 Å². The summed E-state index contributed by atoms with van der Waals surface area (Å²) in [6.45, 7) is 0. The Labute approximate surface area is 114 Å². The number of aromatic nitrogens is 2. The molecule has 1 saturated carbocycles. The highest BCUT2D eigenvalue weighted by Crippen LogP contribution is 2.27. The average molecular weight is 349 g/mol. The van der Waals surface area contributed by atoms with Crippen molar-refractivity contribution in [2.45, 2.75) is 37.0 Å². The first-order valence-corrected chi connectivity index (χ1v) is 7.91. The molecule has 0 atom stereocenters. The monoisotopic (exact) mass is 349 g/mol. The number of halogens is 1. The van der Waals surface area contributed by atoms with Gasteiger partial charge in [0.25, 0.3) is 0 Å². The van der Waals surface area contributed by atoms with E-state index >= 15 is 0 Å². The van der Waals surface area contributed by atoms with E-state index in [4.69, 9.17) is 0 Å². The van der Waals surface area contributed by atoms with Crippen LogP contribution in [0.2, 0.25) is 0 Å². The van der Waals surface area contributed by atoms with Gasteiger partial charge in [-0.1, -0.05) is 0 Å². The standard InChI is InChI=1S/C11H16IN3S/c1-16-10-4-2-9(3-5-10)15-11-13-6-8(12)7-14-11/h6-7,9-10H,2-5H2,1H3,(H,13,14,15). The summed E-state index contributed by atoms with van der Waals surface area (Å²) in [6.07, 6.45) is 11.0. The maximum atomic E-state index is 4.28. The first-order valence-electron chi connectivity index (χ1n) is 5.55. The number of nitrogens with zero attached hydrogens (tertiary/aromatic N) is 2. The van der Waals surface area contributed by atoms with E-state index in [0.717, 1.165) is 14.8 Å². The molecule has 1 aliphatic carbocycles. The highest BCUT2D eigenvalue weighted by atomic mass is 127. The largest absolute Gasteiger partial charge is 0.351 e.